The van der Waals surface area contributed by atoms with Gasteiger partial charge in [-0.1, -0.05) is 19.8 Å². The molecule has 1 aliphatic carbocycles. The predicted molar refractivity (Wildman–Crippen MR) is 65.0 cm³/mol. The molecule has 0 amide bonds. The molecule has 17 heavy (non-hydrogen) atoms. The zero-order valence-electron chi connectivity index (χ0n) is 10.8. The first kappa shape index (κ1) is 12.8. The number of hydrogen-bond acceptors (Lipinski definition) is 3. The van der Waals surface area contributed by atoms with Crippen molar-refractivity contribution in [1.29, 1.82) is 0 Å². The number of rotatable bonds is 4. The van der Waals surface area contributed by atoms with Crippen LogP contribution in [0.5, 0.6) is 0 Å². The number of aliphatic carboxylic acids is 1. The fraction of sp³-hybridized carbons (Fsp3) is 0.923. The number of likely N-dealkylation sites (tertiary alicyclic amines) is 1. The predicted octanol–water partition coefficient (Wildman–Crippen LogP) is 1.74. The maximum absolute atomic E-state index is 10.5. The number of carboxylic acid groups (broad SMARTS) is 1. The van der Waals surface area contributed by atoms with Crippen LogP contribution in [0.15, 0.2) is 0 Å². The number of nitrogens with zero attached hydrogens (tertiary/aromatic N) is 1. The second kappa shape index (κ2) is 4.94. The molecule has 0 aromatic rings. The summed E-state index contributed by atoms with van der Waals surface area (Å²) < 4.78 is 5.43. The average Bonchev–Trinajstić information content (AvgIpc) is 2.22. The fourth-order valence-corrected chi connectivity index (χ4v) is 3.13. The molecule has 1 heterocycles. The molecule has 1 aliphatic heterocycles. The summed E-state index contributed by atoms with van der Waals surface area (Å²) in [5, 5.41) is 8.61. The summed E-state index contributed by atoms with van der Waals surface area (Å²) in [6.45, 7) is 5.94. The summed E-state index contributed by atoms with van der Waals surface area (Å²) in [5.41, 5.74) is -0.237. The van der Waals surface area contributed by atoms with Gasteiger partial charge in [0.2, 0.25) is 0 Å². The lowest BCUT2D eigenvalue weighted by Gasteiger charge is -2.52. The van der Waals surface area contributed by atoms with Gasteiger partial charge in [0.15, 0.2) is 0 Å². The van der Waals surface area contributed by atoms with E-state index < -0.39 is 5.97 Å². The van der Waals surface area contributed by atoms with Crippen LogP contribution >= 0.6 is 0 Å². The molecular formula is C13H23NO3. The Kier molecular flexibility index (Phi) is 3.73. The van der Waals surface area contributed by atoms with E-state index in [-0.39, 0.29) is 12.2 Å². The summed E-state index contributed by atoms with van der Waals surface area (Å²) in [5.74, 6) is -0.0449. The molecule has 2 rings (SSSR count). The van der Waals surface area contributed by atoms with Crippen LogP contribution in [-0.2, 0) is 9.53 Å². The highest BCUT2D eigenvalue weighted by atomic mass is 16.5. The Bertz CT molecular complexity index is 286. The molecule has 0 bridgehead atoms. The Hall–Kier alpha value is -0.610. The Morgan fingerprint density at radius 3 is 2.76 bits per heavy atom. The van der Waals surface area contributed by atoms with Gasteiger partial charge in [-0.3, -0.25) is 4.90 Å². The molecule has 4 heteroatoms. The van der Waals surface area contributed by atoms with Crippen LogP contribution in [0.3, 0.4) is 0 Å². The fourth-order valence-electron chi connectivity index (χ4n) is 3.13. The molecule has 2 aliphatic rings. The first-order valence-corrected chi connectivity index (χ1v) is 6.58. The first-order chi connectivity index (χ1) is 7.98. The second-order valence-electron chi connectivity index (χ2n) is 5.96. The maximum Gasteiger partial charge on any atom is 0.329 e. The molecule has 1 N–H and O–H groups in total. The highest BCUT2D eigenvalue weighted by Crippen LogP contribution is 2.34. The average molecular weight is 241 g/mol. The molecule has 1 saturated carbocycles. The van der Waals surface area contributed by atoms with Crippen LogP contribution in [0.2, 0.25) is 0 Å². The molecule has 2 atom stereocenters. The van der Waals surface area contributed by atoms with Gasteiger partial charge >= 0.3 is 5.97 Å². The Balaban J connectivity index is 1.75. The van der Waals surface area contributed by atoms with Crippen LogP contribution < -0.4 is 0 Å². The van der Waals surface area contributed by atoms with Gasteiger partial charge in [0, 0.05) is 19.1 Å². The standard InChI is InChI=1S/C13H23NO3/c1-10-4-3-5-11(6-10)14-8-13(2,9-14)17-7-12(15)16/h10-11H,3-9H2,1-2H3,(H,15,16). The summed E-state index contributed by atoms with van der Waals surface area (Å²) in [6, 6.07) is 0.695. The summed E-state index contributed by atoms with van der Waals surface area (Å²) in [7, 11) is 0. The van der Waals surface area contributed by atoms with Crippen LogP contribution in [0.25, 0.3) is 0 Å². The minimum atomic E-state index is -0.879. The van der Waals surface area contributed by atoms with Crippen molar-refractivity contribution in [3.05, 3.63) is 0 Å². The Labute approximate surface area is 103 Å². The van der Waals surface area contributed by atoms with E-state index in [1.54, 1.807) is 0 Å². The normalized spacial score (nSPS) is 33.1. The largest absolute Gasteiger partial charge is 0.480 e. The lowest BCUT2D eigenvalue weighted by atomic mass is 9.83. The minimum Gasteiger partial charge on any atom is -0.480 e. The van der Waals surface area contributed by atoms with E-state index in [2.05, 4.69) is 11.8 Å². The zero-order valence-corrected chi connectivity index (χ0v) is 10.8. The van der Waals surface area contributed by atoms with E-state index in [1.807, 2.05) is 6.92 Å². The van der Waals surface area contributed by atoms with Gasteiger partial charge in [0.05, 0.1) is 5.60 Å². The van der Waals surface area contributed by atoms with Crippen molar-refractivity contribution in [3.8, 4) is 0 Å². The summed E-state index contributed by atoms with van der Waals surface area (Å²) in [4.78, 5) is 12.9. The van der Waals surface area contributed by atoms with Gasteiger partial charge in [-0.05, 0) is 25.7 Å². The van der Waals surface area contributed by atoms with Crippen LogP contribution in [0.4, 0.5) is 0 Å². The van der Waals surface area contributed by atoms with E-state index in [0.29, 0.717) is 6.04 Å². The quantitative estimate of drug-likeness (QED) is 0.814. The minimum absolute atomic E-state index is 0.175. The van der Waals surface area contributed by atoms with E-state index in [9.17, 15) is 4.79 Å². The number of hydrogen-bond donors (Lipinski definition) is 1. The van der Waals surface area contributed by atoms with E-state index in [1.165, 1.54) is 25.7 Å². The molecule has 2 unspecified atom stereocenters. The van der Waals surface area contributed by atoms with Crippen molar-refractivity contribution < 1.29 is 14.6 Å². The van der Waals surface area contributed by atoms with Gasteiger partial charge in [-0.2, -0.15) is 0 Å². The van der Waals surface area contributed by atoms with Crippen molar-refractivity contribution in [3.63, 3.8) is 0 Å². The van der Waals surface area contributed by atoms with Crippen molar-refractivity contribution in [1.82, 2.24) is 4.90 Å². The van der Waals surface area contributed by atoms with Crippen molar-refractivity contribution in [2.45, 2.75) is 51.2 Å². The molecule has 0 spiro atoms. The molecular weight excluding hydrogens is 218 g/mol. The molecule has 0 aromatic heterocycles. The SMILES string of the molecule is CC1CCCC(N2CC(C)(OCC(=O)O)C2)C1. The zero-order chi connectivity index (χ0) is 12.5. The molecule has 0 aromatic carbocycles. The summed E-state index contributed by atoms with van der Waals surface area (Å²) in [6.07, 6.45) is 5.26. The Morgan fingerprint density at radius 1 is 1.47 bits per heavy atom. The van der Waals surface area contributed by atoms with E-state index >= 15 is 0 Å². The number of carbonyl (C=O) groups is 1. The van der Waals surface area contributed by atoms with Gasteiger partial charge in [0.1, 0.15) is 6.61 Å². The second-order valence-corrected chi connectivity index (χ2v) is 5.96. The van der Waals surface area contributed by atoms with Gasteiger partial charge < -0.3 is 9.84 Å². The topological polar surface area (TPSA) is 49.8 Å². The first-order valence-electron chi connectivity index (χ1n) is 6.58. The van der Waals surface area contributed by atoms with Crippen LogP contribution in [0, 0.1) is 5.92 Å². The van der Waals surface area contributed by atoms with Crippen molar-refractivity contribution in [2.75, 3.05) is 19.7 Å². The van der Waals surface area contributed by atoms with Gasteiger partial charge in [-0.25, -0.2) is 4.79 Å². The molecule has 0 radical (unpaired) electrons. The highest BCUT2D eigenvalue weighted by molar-refractivity contribution is 5.68. The highest BCUT2D eigenvalue weighted by Gasteiger charge is 2.43. The maximum atomic E-state index is 10.5. The van der Waals surface area contributed by atoms with Gasteiger partial charge in [0.25, 0.3) is 0 Å². The lowest BCUT2D eigenvalue weighted by molar-refractivity contribution is -0.171. The van der Waals surface area contributed by atoms with Crippen molar-refractivity contribution >= 4 is 5.97 Å². The lowest BCUT2D eigenvalue weighted by Crippen LogP contribution is -2.65. The number of ether oxygens (including phenoxy) is 1. The third kappa shape index (κ3) is 3.19. The monoisotopic (exact) mass is 241 g/mol. The van der Waals surface area contributed by atoms with E-state index in [0.717, 1.165) is 19.0 Å². The Morgan fingerprint density at radius 2 is 2.18 bits per heavy atom. The van der Waals surface area contributed by atoms with Gasteiger partial charge in [-0.15, -0.1) is 0 Å². The third-order valence-corrected chi connectivity index (χ3v) is 4.04. The molecule has 2 fully saturated rings. The third-order valence-electron chi connectivity index (χ3n) is 4.04. The van der Waals surface area contributed by atoms with Crippen LogP contribution in [0.1, 0.15) is 39.5 Å². The number of carboxylic acids is 1. The van der Waals surface area contributed by atoms with Crippen LogP contribution in [-0.4, -0.2) is 47.3 Å². The molecule has 98 valence electrons. The van der Waals surface area contributed by atoms with Crippen molar-refractivity contribution in [2.24, 2.45) is 5.92 Å². The van der Waals surface area contributed by atoms with E-state index in [4.69, 9.17) is 9.84 Å². The summed E-state index contributed by atoms with van der Waals surface area (Å²) >= 11 is 0. The molecule has 1 saturated heterocycles. The smallest absolute Gasteiger partial charge is 0.329 e. The molecule has 4 nitrogen and oxygen atoms in total.